The number of hydrogen-bond acceptors (Lipinski definition) is 3. The molecule has 0 fully saturated rings. The molecular formula is C16H21N3O2. The molecule has 5 nitrogen and oxygen atoms in total. The third-order valence-corrected chi connectivity index (χ3v) is 4.18. The van der Waals surface area contributed by atoms with Crippen molar-refractivity contribution < 1.29 is 9.90 Å². The van der Waals surface area contributed by atoms with Gasteiger partial charge in [-0.3, -0.25) is 9.69 Å². The molecule has 1 aliphatic heterocycles. The highest BCUT2D eigenvalue weighted by Crippen LogP contribution is 2.29. The first-order chi connectivity index (χ1) is 9.95. The van der Waals surface area contributed by atoms with Gasteiger partial charge in [0.25, 0.3) is 0 Å². The number of benzene rings is 1. The number of fused-ring (bicyclic) bond motifs is 2. The van der Waals surface area contributed by atoms with Crippen LogP contribution in [0.15, 0.2) is 12.1 Å². The van der Waals surface area contributed by atoms with E-state index in [0.717, 1.165) is 29.9 Å². The molecule has 1 aromatic heterocycles. The van der Waals surface area contributed by atoms with Crippen molar-refractivity contribution in [1.29, 1.82) is 0 Å². The molecule has 0 bridgehead atoms. The normalized spacial score (nSPS) is 15.0. The van der Waals surface area contributed by atoms with E-state index in [-0.39, 0.29) is 6.42 Å². The van der Waals surface area contributed by atoms with E-state index in [0.29, 0.717) is 12.5 Å². The fourth-order valence-electron chi connectivity index (χ4n) is 3.10. The highest BCUT2D eigenvalue weighted by atomic mass is 16.4. The van der Waals surface area contributed by atoms with Crippen molar-refractivity contribution in [2.45, 2.75) is 39.3 Å². The first-order valence-corrected chi connectivity index (χ1v) is 7.38. The van der Waals surface area contributed by atoms with Crippen molar-refractivity contribution >= 4 is 17.0 Å². The molecule has 0 atom stereocenters. The molecule has 0 spiro atoms. The van der Waals surface area contributed by atoms with Crippen LogP contribution in [0.4, 0.5) is 0 Å². The van der Waals surface area contributed by atoms with E-state index in [4.69, 9.17) is 10.1 Å². The number of aromatic nitrogens is 2. The molecule has 1 N–H and O–H groups in total. The molecule has 0 unspecified atom stereocenters. The fraction of sp³-hybridized carbons (Fsp3) is 0.500. The van der Waals surface area contributed by atoms with Gasteiger partial charge in [-0.05, 0) is 23.3 Å². The Morgan fingerprint density at radius 1 is 1.33 bits per heavy atom. The van der Waals surface area contributed by atoms with E-state index in [9.17, 15) is 4.79 Å². The van der Waals surface area contributed by atoms with E-state index in [1.165, 1.54) is 11.1 Å². The average Bonchev–Trinajstić information content (AvgIpc) is 2.95. The molecule has 112 valence electrons. The molecule has 0 aliphatic carbocycles. The van der Waals surface area contributed by atoms with E-state index in [1.807, 2.05) is 0 Å². The first-order valence-electron chi connectivity index (χ1n) is 7.38. The summed E-state index contributed by atoms with van der Waals surface area (Å²) in [6.07, 6.45) is 0.198. The zero-order chi connectivity index (χ0) is 15.1. The van der Waals surface area contributed by atoms with Gasteiger partial charge in [-0.25, -0.2) is 4.98 Å². The van der Waals surface area contributed by atoms with Crippen molar-refractivity contribution in [3.63, 3.8) is 0 Å². The predicted molar refractivity (Wildman–Crippen MR) is 81.2 cm³/mol. The SMILES string of the molecule is CC(C)c1nc2cc3c(cc2n1C)CN(CCC(=O)O)C3. The molecule has 5 heteroatoms. The third kappa shape index (κ3) is 2.53. The summed E-state index contributed by atoms with van der Waals surface area (Å²) in [5.41, 5.74) is 4.78. The van der Waals surface area contributed by atoms with Crippen molar-refractivity contribution in [3.8, 4) is 0 Å². The largest absolute Gasteiger partial charge is 0.481 e. The minimum atomic E-state index is -0.737. The highest BCUT2D eigenvalue weighted by molar-refractivity contribution is 5.78. The lowest BCUT2D eigenvalue weighted by Gasteiger charge is -2.12. The first kappa shape index (κ1) is 14.1. The second-order valence-corrected chi connectivity index (χ2v) is 6.15. The Morgan fingerprint density at radius 3 is 2.62 bits per heavy atom. The molecule has 0 radical (unpaired) electrons. The minimum Gasteiger partial charge on any atom is -0.481 e. The fourth-order valence-corrected chi connectivity index (χ4v) is 3.10. The average molecular weight is 287 g/mol. The molecule has 1 aliphatic rings. The van der Waals surface area contributed by atoms with Crippen LogP contribution in [-0.2, 0) is 24.9 Å². The summed E-state index contributed by atoms with van der Waals surface area (Å²) in [5, 5.41) is 8.79. The Labute approximate surface area is 124 Å². The van der Waals surface area contributed by atoms with Crippen LogP contribution < -0.4 is 0 Å². The van der Waals surface area contributed by atoms with E-state index < -0.39 is 5.97 Å². The van der Waals surface area contributed by atoms with Crippen LogP contribution in [0.25, 0.3) is 11.0 Å². The lowest BCUT2D eigenvalue weighted by Crippen LogP contribution is -2.20. The molecule has 2 aromatic rings. The van der Waals surface area contributed by atoms with Crippen LogP contribution >= 0.6 is 0 Å². The maximum atomic E-state index is 10.7. The van der Waals surface area contributed by atoms with Gasteiger partial charge >= 0.3 is 5.97 Å². The summed E-state index contributed by atoms with van der Waals surface area (Å²) in [5.74, 6) is 0.778. The van der Waals surface area contributed by atoms with E-state index in [1.54, 1.807) is 0 Å². The molecule has 0 amide bonds. The van der Waals surface area contributed by atoms with Crippen LogP contribution in [0.5, 0.6) is 0 Å². The minimum absolute atomic E-state index is 0.198. The number of rotatable bonds is 4. The molecular weight excluding hydrogens is 266 g/mol. The predicted octanol–water partition coefficient (Wildman–Crippen LogP) is 2.49. The van der Waals surface area contributed by atoms with Gasteiger partial charge in [-0.15, -0.1) is 0 Å². The van der Waals surface area contributed by atoms with Crippen molar-refractivity contribution in [1.82, 2.24) is 14.5 Å². The number of carboxylic acids is 1. The van der Waals surface area contributed by atoms with Crippen LogP contribution in [0.1, 0.15) is 43.1 Å². The Bertz CT molecular complexity index is 703. The van der Waals surface area contributed by atoms with Gasteiger partial charge in [0, 0.05) is 32.6 Å². The topological polar surface area (TPSA) is 58.4 Å². The number of nitrogens with zero attached hydrogens (tertiary/aromatic N) is 3. The lowest BCUT2D eigenvalue weighted by atomic mass is 10.1. The second-order valence-electron chi connectivity index (χ2n) is 6.15. The second kappa shape index (κ2) is 5.15. The van der Waals surface area contributed by atoms with Crippen LogP contribution in [0, 0.1) is 0 Å². The molecule has 3 rings (SSSR count). The number of aryl methyl sites for hydroxylation is 1. The number of hydrogen-bond donors (Lipinski definition) is 1. The number of aliphatic carboxylic acids is 1. The summed E-state index contributed by atoms with van der Waals surface area (Å²) in [7, 11) is 2.06. The highest BCUT2D eigenvalue weighted by Gasteiger charge is 2.22. The van der Waals surface area contributed by atoms with Gasteiger partial charge in [-0.1, -0.05) is 13.8 Å². The number of carboxylic acid groups (broad SMARTS) is 1. The van der Waals surface area contributed by atoms with Crippen molar-refractivity contribution in [2.75, 3.05) is 6.54 Å². The van der Waals surface area contributed by atoms with E-state index >= 15 is 0 Å². The monoisotopic (exact) mass is 287 g/mol. The lowest BCUT2D eigenvalue weighted by molar-refractivity contribution is -0.137. The van der Waals surface area contributed by atoms with Crippen LogP contribution in [0.3, 0.4) is 0 Å². The molecule has 2 heterocycles. The summed E-state index contributed by atoms with van der Waals surface area (Å²) in [6.45, 7) is 6.57. The smallest absolute Gasteiger partial charge is 0.304 e. The standard InChI is InChI=1S/C16H21N3O2/c1-10(2)16-17-13-6-11-8-19(5-4-15(20)21)9-12(11)7-14(13)18(16)3/h6-7,10H,4-5,8-9H2,1-3H3,(H,20,21). The number of carbonyl (C=O) groups is 1. The molecule has 0 saturated heterocycles. The van der Waals surface area contributed by atoms with E-state index in [2.05, 4.69) is 42.5 Å². The van der Waals surface area contributed by atoms with Gasteiger partial charge in [0.1, 0.15) is 5.82 Å². The summed E-state index contributed by atoms with van der Waals surface area (Å²) in [4.78, 5) is 17.6. The Morgan fingerprint density at radius 2 is 2.00 bits per heavy atom. The maximum absolute atomic E-state index is 10.7. The quantitative estimate of drug-likeness (QED) is 0.938. The summed E-state index contributed by atoms with van der Waals surface area (Å²) < 4.78 is 2.17. The van der Waals surface area contributed by atoms with Crippen LogP contribution in [-0.4, -0.2) is 32.1 Å². The van der Waals surface area contributed by atoms with Gasteiger partial charge in [0.05, 0.1) is 17.5 Å². The van der Waals surface area contributed by atoms with Gasteiger partial charge < -0.3 is 9.67 Å². The Kier molecular flexibility index (Phi) is 3.45. The molecule has 21 heavy (non-hydrogen) atoms. The summed E-state index contributed by atoms with van der Waals surface area (Å²) >= 11 is 0. The Hall–Kier alpha value is -1.88. The Balaban J connectivity index is 1.89. The molecule has 1 aromatic carbocycles. The van der Waals surface area contributed by atoms with Gasteiger partial charge in [0.15, 0.2) is 0 Å². The maximum Gasteiger partial charge on any atom is 0.304 e. The van der Waals surface area contributed by atoms with Crippen molar-refractivity contribution in [3.05, 3.63) is 29.1 Å². The zero-order valence-electron chi connectivity index (χ0n) is 12.8. The van der Waals surface area contributed by atoms with Crippen LogP contribution in [0.2, 0.25) is 0 Å². The third-order valence-electron chi connectivity index (χ3n) is 4.18. The van der Waals surface area contributed by atoms with Crippen molar-refractivity contribution in [2.24, 2.45) is 7.05 Å². The molecule has 0 saturated carbocycles. The zero-order valence-corrected chi connectivity index (χ0v) is 12.8. The summed E-state index contributed by atoms with van der Waals surface area (Å²) in [6, 6.07) is 4.38. The number of imidazole rings is 1. The van der Waals surface area contributed by atoms with Gasteiger partial charge in [-0.2, -0.15) is 0 Å². The van der Waals surface area contributed by atoms with Gasteiger partial charge in [0.2, 0.25) is 0 Å².